The van der Waals surface area contributed by atoms with Crippen molar-refractivity contribution >= 4 is 22.6 Å². The summed E-state index contributed by atoms with van der Waals surface area (Å²) < 4.78 is 13.5. The number of carbonyl (C=O) groups is 1. The van der Waals surface area contributed by atoms with Crippen LogP contribution in [0, 0.1) is 0 Å². The summed E-state index contributed by atoms with van der Waals surface area (Å²) in [5, 5.41) is 0. The van der Waals surface area contributed by atoms with Crippen LogP contribution >= 0.6 is 0 Å². The number of carbonyl (C=O) groups excluding carboxylic acids is 1. The monoisotopic (exact) mass is 427 g/mol. The van der Waals surface area contributed by atoms with Crippen LogP contribution in [-0.4, -0.2) is 35.7 Å². The Balaban J connectivity index is 1.41. The van der Waals surface area contributed by atoms with Crippen LogP contribution in [-0.2, 0) is 11.3 Å². The number of hydrogen-bond donors (Lipinski definition) is 0. The number of nitrogens with zero attached hydrogens (tertiary/aromatic N) is 3. The van der Waals surface area contributed by atoms with Gasteiger partial charge < -0.3 is 18.9 Å². The average Bonchev–Trinajstić information content (AvgIpc) is 3.40. The lowest BCUT2D eigenvalue weighted by molar-refractivity contribution is -0.117. The molecule has 5 rings (SSSR count). The van der Waals surface area contributed by atoms with Crippen LogP contribution in [0.2, 0.25) is 0 Å². The molecular weight excluding hydrogens is 402 g/mol. The fraction of sp³-hybridized carbons (Fsp3) is 0.231. The summed E-state index contributed by atoms with van der Waals surface area (Å²) in [5.74, 6) is 2.63. The van der Waals surface area contributed by atoms with E-state index < -0.39 is 0 Å². The maximum absolute atomic E-state index is 12.9. The Labute approximate surface area is 187 Å². The molecule has 1 atom stereocenters. The van der Waals surface area contributed by atoms with Crippen LogP contribution in [0.15, 0.2) is 78.9 Å². The van der Waals surface area contributed by atoms with Crippen LogP contribution in [0.1, 0.15) is 18.2 Å². The standard InChI is InChI=1S/C26H25N3O3/c1-31-22-11-7-8-20(17-22)29-18-19(16-25(29)30)26-27-23-12-5-6-13-24(23)28(26)14-15-32-21-9-3-2-4-10-21/h2-13,17,19H,14-16,18H2,1H3. The Kier molecular flexibility index (Phi) is 5.50. The van der Waals surface area contributed by atoms with Gasteiger partial charge in [-0.05, 0) is 36.4 Å². The van der Waals surface area contributed by atoms with Gasteiger partial charge in [-0.25, -0.2) is 4.98 Å². The first-order valence-corrected chi connectivity index (χ1v) is 10.8. The summed E-state index contributed by atoms with van der Waals surface area (Å²) in [6, 6.07) is 25.5. The van der Waals surface area contributed by atoms with Gasteiger partial charge in [0, 0.05) is 30.6 Å². The Bertz CT molecular complexity index is 1240. The number of fused-ring (bicyclic) bond motifs is 1. The maximum Gasteiger partial charge on any atom is 0.227 e. The summed E-state index contributed by atoms with van der Waals surface area (Å²) in [6.45, 7) is 1.78. The van der Waals surface area contributed by atoms with Crippen molar-refractivity contribution in [3.63, 3.8) is 0 Å². The van der Waals surface area contributed by atoms with E-state index in [1.165, 1.54) is 0 Å². The number of anilines is 1. The molecule has 162 valence electrons. The van der Waals surface area contributed by atoms with E-state index in [4.69, 9.17) is 14.5 Å². The van der Waals surface area contributed by atoms with E-state index >= 15 is 0 Å². The first kappa shape index (κ1) is 20.1. The van der Waals surface area contributed by atoms with Gasteiger partial charge in [0.05, 0.1) is 24.7 Å². The number of hydrogen-bond acceptors (Lipinski definition) is 4. The molecule has 0 bridgehead atoms. The third kappa shape index (κ3) is 3.91. The predicted molar refractivity (Wildman–Crippen MR) is 124 cm³/mol. The number of rotatable bonds is 7. The highest BCUT2D eigenvalue weighted by Gasteiger charge is 2.35. The predicted octanol–water partition coefficient (Wildman–Crippen LogP) is 4.64. The molecule has 0 saturated carbocycles. The zero-order valence-corrected chi connectivity index (χ0v) is 18.0. The van der Waals surface area contributed by atoms with Crippen LogP contribution in [0.5, 0.6) is 11.5 Å². The minimum absolute atomic E-state index is 0.0119. The normalized spacial score (nSPS) is 16.0. The molecule has 1 aliphatic rings. The number of para-hydroxylation sites is 3. The third-order valence-corrected chi connectivity index (χ3v) is 5.87. The van der Waals surface area contributed by atoms with E-state index in [9.17, 15) is 4.79 Å². The number of amides is 1. The molecule has 1 saturated heterocycles. The number of aromatic nitrogens is 2. The zero-order chi connectivity index (χ0) is 21.9. The van der Waals surface area contributed by atoms with E-state index in [2.05, 4.69) is 10.6 Å². The van der Waals surface area contributed by atoms with Crippen molar-refractivity contribution in [2.24, 2.45) is 0 Å². The number of ether oxygens (including phenoxy) is 2. The zero-order valence-electron chi connectivity index (χ0n) is 18.0. The van der Waals surface area contributed by atoms with E-state index in [-0.39, 0.29) is 11.8 Å². The highest BCUT2D eigenvalue weighted by molar-refractivity contribution is 5.96. The van der Waals surface area contributed by atoms with Crippen molar-refractivity contribution in [3.8, 4) is 11.5 Å². The van der Waals surface area contributed by atoms with Gasteiger partial charge in [0.2, 0.25) is 5.91 Å². The Morgan fingerprint density at radius 3 is 2.59 bits per heavy atom. The fourth-order valence-electron chi connectivity index (χ4n) is 4.32. The lowest BCUT2D eigenvalue weighted by atomic mass is 10.1. The van der Waals surface area contributed by atoms with Gasteiger partial charge in [-0.15, -0.1) is 0 Å². The van der Waals surface area contributed by atoms with Crippen molar-refractivity contribution in [2.75, 3.05) is 25.2 Å². The second kappa shape index (κ2) is 8.75. The van der Waals surface area contributed by atoms with E-state index in [1.54, 1.807) is 7.11 Å². The van der Waals surface area contributed by atoms with Gasteiger partial charge in [0.25, 0.3) is 0 Å². The van der Waals surface area contributed by atoms with Crippen LogP contribution in [0.3, 0.4) is 0 Å². The minimum atomic E-state index is 0.0119. The van der Waals surface area contributed by atoms with E-state index in [0.717, 1.165) is 34.0 Å². The molecule has 0 aliphatic carbocycles. The number of benzene rings is 3. The van der Waals surface area contributed by atoms with Gasteiger partial charge in [-0.2, -0.15) is 0 Å². The van der Waals surface area contributed by atoms with Crippen molar-refractivity contribution in [1.82, 2.24) is 9.55 Å². The molecule has 1 amide bonds. The summed E-state index contributed by atoms with van der Waals surface area (Å²) in [4.78, 5) is 19.7. The number of methoxy groups -OCH3 is 1. The Morgan fingerprint density at radius 1 is 0.969 bits per heavy atom. The molecule has 0 N–H and O–H groups in total. The summed E-state index contributed by atoms with van der Waals surface area (Å²) in [7, 11) is 1.63. The molecule has 1 unspecified atom stereocenters. The van der Waals surface area contributed by atoms with Crippen LogP contribution < -0.4 is 14.4 Å². The highest BCUT2D eigenvalue weighted by atomic mass is 16.5. The van der Waals surface area contributed by atoms with Crippen molar-refractivity contribution in [2.45, 2.75) is 18.9 Å². The lowest BCUT2D eigenvalue weighted by Crippen LogP contribution is -2.24. The SMILES string of the molecule is COc1cccc(N2CC(c3nc4ccccc4n3CCOc3ccccc3)CC2=O)c1. The van der Waals surface area contributed by atoms with Gasteiger partial charge in [0.15, 0.2) is 0 Å². The molecule has 6 heteroatoms. The van der Waals surface area contributed by atoms with E-state index in [1.807, 2.05) is 77.7 Å². The van der Waals surface area contributed by atoms with Crippen molar-refractivity contribution in [1.29, 1.82) is 0 Å². The summed E-state index contributed by atoms with van der Waals surface area (Å²) in [6.07, 6.45) is 0.431. The molecule has 1 fully saturated rings. The third-order valence-electron chi connectivity index (χ3n) is 5.87. The molecule has 2 heterocycles. The van der Waals surface area contributed by atoms with Gasteiger partial charge in [-0.1, -0.05) is 36.4 Å². The van der Waals surface area contributed by atoms with Gasteiger partial charge in [0.1, 0.15) is 23.9 Å². The van der Waals surface area contributed by atoms with Crippen molar-refractivity contribution in [3.05, 3.63) is 84.7 Å². The molecule has 6 nitrogen and oxygen atoms in total. The smallest absolute Gasteiger partial charge is 0.227 e. The first-order chi connectivity index (χ1) is 15.7. The minimum Gasteiger partial charge on any atom is -0.497 e. The van der Waals surface area contributed by atoms with Crippen molar-refractivity contribution < 1.29 is 14.3 Å². The second-order valence-corrected chi connectivity index (χ2v) is 7.88. The molecule has 0 spiro atoms. The quantitative estimate of drug-likeness (QED) is 0.431. The van der Waals surface area contributed by atoms with Gasteiger partial charge in [-0.3, -0.25) is 4.79 Å². The second-order valence-electron chi connectivity index (χ2n) is 7.88. The van der Waals surface area contributed by atoms with Gasteiger partial charge >= 0.3 is 0 Å². The molecule has 3 aromatic carbocycles. The summed E-state index contributed by atoms with van der Waals surface area (Å²) in [5.41, 5.74) is 2.85. The molecule has 0 radical (unpaired) electrons. The lowest BCUT2D eigenvalue weighted by Gasteiger charge is -2.18. The van der Waals surface area contributed by atoms with E-state index in [0.29, 0.717) is 26.1 Å². The topological polar surface area (TPSA) is 56.6 Å². The first-order valence-electron chi connectivity index (χ1n) is 10.8. The Hall–Kier alpha value is -3.80. The molecule has 1 aliphatic heterocycles. The van der Waals surface area contributed by atoms with Crippen LogP contribution in [0.25, 0.3) is 11.0 Å². The molecule has 32 heavy (non-hydrogen) atoms. The molecule has 1 aromatic heterocycles. The van der Waals surface area contributed by atoms with Crippen LogP contribution in [0.4, 0.5) is 5.69 Å². The highest BCUT2D eigenvalue weighted by Crippen LogP contribution is 2.34. The molecular formula is C26H25N3O3. The summed E-state index contributed by atoms with van der Waals surface area (Å²) >= 11 is 0. The average molecular weight is 428 g/mol. The maximum atomic E-state index is 12.9. The Morgan fingerprint density at radius 2 is 1.75 bits per heavy atom. The fourth-order valence-corrected chi connectivity index (χ4v) is 4.32. The largest absolute Gasteiger partial charge is 0.497 e. The number of imidazole rings is 1. The molecule has 4 aromatic rings.